The number of anilines is 2. The number of aromatic nitrogens is 2. The van der Waals surface area contributed by atoms with Crippen LogP contribution in [0.4, 0.5) is 11.5 Å². The Morgan fingerprint density at radius 1 is 1.03 bits per heavy atom. The van der Waals surface area contributed by atoms with Gasteiger partial charge in [-0.25, -0.2) is 9.97 Å². The maximum Gasteiger partial charge on any atom is 0.253 e. The van der Waals surface area contributed by atoms with Crippen LogP contribution in [-0.2, 0) is 10.2 Å². The largest absolute Gasteiger partial charge is 0.340 e. The molecule has 0 spiro atoms. The third-order valence-electron chi connectivity index (χ3n) is 4.78. The standard InChI is InChI=1S/C22H27N5O2/c1-5-19(28)26-12-14-27(15-13-26)20(29)16-6-8-17(9-7-16)24-18-10-11-23-21(25-18)22(2,3)4/h5-11H,1,12-15H2,2-4H3,(H,23,24,25). The number of carbonyl (C=O) groups is 2. The van der Waals surface area contributed by atoms with Crippen LogP contribution in [-0.4, -0.2) is 57.8 Å². The predicted octanol–water partition coefficient (Wildman–Crippen LogP) is 2.99. The fraction of sp³-hybridized carbons (Fsp3) is 0.364. The van der Waals surface area contributed by atoms with Gasteiger partial charge in [0.1, 0.15) is 11.6 Å². The van der Waals surface area contributed by atoms with Crippen LogP contribution in [0.15, 0.2) is 49.2 Å². The summed E-state index contributed by atoms with van der Waals surface area (Å²) in [5.74, 6) is 1.36. The Kier molecular flexibility index (Phi) is 5.96. The second-order valence-electron chi connectivity index (χ2n) is 8.04. The van der Waals surface area contributed by atoms with Gasteiger partial charge in [-0.1, -0.05) is 27.4 Å². The lowest BCUT2D eigenvalue weighted by molar-refractivity contribution is -0.127. The van der Waals surface area contributed by atoms with Crippen molar-refractivity contribution in [3.05, 3.63) is 60.6 Å². The molecule has 3 rings (SSSR count). The molecule has 1 saturated heterocycles. The van der Waals surface area contributed by atoms with Crippen LogP contribution in [0, 0.1) is 0 Å². The summed E-state index contributed by atoms with van der Waals surface area (Å²) in [7, 11) is 0. The van der Waals surface area contributed by atoms with Crippen LogP contribution in [0.2, 0.25) is 0 Å². The maximum atomic E-state index is 12.7. The summed E-state index contributed by atoms with van der Waals surface area (Å²) in [5.41, 5.74) is 1.34. The number of nitrogens with zero attached hydrogens (tertiary/aromatic N) is 4. The summed E-state index contributed by atoms with van der Waals surface area (Å²) in [6.07, 6.45) is 3.05. The first kappa shape index (κ1) is 20.5. The fourth-order valence-corrected chi connectivity index (χ4v) is 3.08. The molecule has 0 bridgehead atoms. The third-order valence-corrected chi connectivity index (χ3v) is 4.78. The second-order valence-corrected chi connectivity index (χ2v) is 8.04. The Morgan fingerprint density at radius 3 is 2.24 bits per heavy atom. The SMILES string of the molecule is C=CC(=O)N1CCN(C(=O)c2ccc(Nc3ccnc(C(C)(C)C)n3)cc2)CC1. The normalized spacial score (nSPS) is 14.4. The van der Waals surface area contributed by atoms with Gasteiger partial charge >= 0.3 is 0 Å². The van der Waals surface area contributed by atoms with Gasteiger partial charge in [-0.3, -0.25) is 9.59 Å². The van der Waals surface area contributed by atoms with Crippen molar-refractivity contribution in [2.45, 2.75) is 26.2 Å². The van der Waals surface area contributed by atoms with E-state index in [1.807, 2.05) is 18.2 Å². The summed E-state index contributed by atoms with van der Waals surface area (Å²) < 4.78 is 0. The summed E-state index contributed by atoms with van der Waals surface area (Å²) >= 11 is 0. The van der Waals surface area contributed by atoms with Crippen molar-refractivity contribution in [2.24, 2.45) is 0 Å². The molecule has 2 heterocycles. The van der Waals surface area contributed by atoms with E-state index < -0.39 is 0 Å². The van der Waals surface area contributed by atoms with Gasteiger partial charge in [0.15, 0.2) is 0 Å². The van der Waals surface area contributed by atoms with E-state index in [0.29, 0.717) is 37.6 Å². The summed E-state index contributed by atoms with van der Waals surface area (Å²) in [5, 5.41) is 3.26. The molecular weight excluding hydrogens is 366 g/mol. The van der Waals surface area contributed by atoms with Crippen molar-refractivity contribution < 1.29 is 9.59 Å². The monoisotopic (exact) mass is 393 g/mol. The Balaban J connectivity index is 1.63. The van der Waals surface area contributed by atoms with Crippen molar-refractivity contribution in [3.63, 3.8) is 0 Å². The molecule has 152 valence electrons. The van der Waals surface area contributed by atoms with E-state index in [1.165, 1.54) is 6.08 Å². The zero-order valence-electron chi connectivity index (χ0n) is 17.2. The molecule has 2 amide bonds. The molecule has 0 saturated carbocycles. The second kappa shape index (κ2) is 8.43. The lowest BCUT2D eigenvalue weighted by Gasteiger charge is -2.34. The van der Waals surface area contributed by atoms with Crippen molar-refractivity contribution in [3.8, 4) is 0 Å². The molecule has 0 atom stereocenters. The number of hydrogen-bond donors (Lipinski definition) is 1. The molecule has 1 fully saturated rings. The maximum absolute atomic E-state index is 12.7. The van der Waals surface area contributed by atoms with E-state index >= 15 is 0 Å². The average Bonchev–Trinajstić information content (AvgIpc) is 2.73. The van der Waals surface area contributed by atoms with E-state index in [4.69, 9.17) is 0 Å². The van der Waals surface area contributed by atoms with Gasteiger partial charge < -0.3 is 15.1 Å². The molecular formula is C22H27N5O2. The summed E-state index contributed by atoms with van der Waals surface area (Å²) in [6.45, 7) is 11.8. The molecule has 1 aliphatic rings. The zero-order valence-corrected chi connectivity index (χ0v) is 17.2. The molecule has 7 heteroatoms. The van der Waals surface area contributed by atoms with Crippen LogP contribution in [0.1, 0.15) is 37.0 Å². The van der Waals surface area contributed by atoms with Gasteiger partial charge in [0.05, 0.1) is 0 Å². The lowest BCUT2D eigenvalue weighted by Crippen LogP contribution is -2.50. The predicted molar refractivity (Wildman–Crippen MR) is 113 cm³/mol. The number of hydrogen-bond acceptors (Lipinski definition) is 5. The van der Waals surface area contributed by atoms with Gasteiger partial charge in [0, 0.05) is 49.0 Å². The molecule has 7 nitrogen and oxygen atoms in total. The van der Waals surface area contributed by atoms with Gasteiger partial charge in [-0.2, -0.15) is 0 Å². The van der Waals surface area contributed by atoms with Crippen LogP contribution in [0.3, 0.4) is 0 Å². The van der Waals surface area contributed by atoms with Crippen molar-refractivity contribution in [1.82, 2.24) is 19.8 Å². The van der Waals surface area contributed by atoms with Crippen molar-refractivity contribution in [1.29, 1.82) is 0 Å². The van der Waals surface area contributed by atoms with E-state index in [9.17, 15) is 9.59 Å². The molecule has 1 aliphatic heterocycles. The van der Waals surface area contributed by atoms with Crippen LogP contribution >= 0.6 is 0 Å². The number of benzene rings is 1. The first-order valence-electron chi connectivity index (χ1n) is 9.69. The van der Waals surface area contributed by atoms with Crippen molar-refractivity contribution in [2.75, 3.05) is 31.5 Å². The van der Waals surface area contributed by atoms with E-state index in [2.05, 4.69) is 42.6 Å². The van der Waals surface area contributed by atoms with Gasteiger partial charge in [-0.15, -0.1) is 0 Å². The highest BCUT2D eigenvalue weighted by Crippen LogP contribution is 2.21. The van der Waals surface area contributed by atoms with Gasteiger partial charge in [0.2, 0.25) is 5.91 Å². The Morgan fingerprint density at radius 2 is 1.66 bits per heavy atom. The van der Waals surface area contributed by atoms with Crippen LogP contribution in [0.25, 0.3) is 0 Å². The van der Waals surface area contributed by atoms with E-state index in [-0.39, 0.29) is 17.2 Å². The lowest BCUT2D eigenvalue weighted by atomic mass is 9.96. The molecule has 0 aliphatic carbocycles. The minimum atomic E-state index is -0.131. The minimum Gasteiger partial charge on any atom is -0.340 e. The molecule has 1 aromatic carbocycles. The highest BCUT2D eigenvalue weighted by Gasteiger charge is 2.23. The van der Waals surface area contributed by atoms with Crippen LogP contribution < -0.4 is 5.32 Å². The fourth-order valence-electron chi connectivity index (χ4n) is 3.08. The Hall–Kier alpha value is -3.22. The zero-order chi connectivity index (χ0) is 21.0. The van der Waals surface area contributed by atoms with E-state index in [0.717, 1.165) is 11.5 Å². The molecule has 1 N–H and O–H groups in total. The topological polar surface area (TPSA) is 78.4 Å². The van der Waals surface area contributed by atoms with E-state index in [1.54, 1.807) is 28.1 Å². The molecule has 29 heavy (non-hydrogen) atoms. The first-order valence-corrected chi connectivity index (χ1v) is 9.69. The third kappa shape index (κ3) is 4.99. The molecule has 0 radical (unpaired) electrons. The average molecular weight is 393 g/mol. The number of rotatable bonds is 4. The Labute approximate surface area is 171 Å². The minimum absolute atomic E-state index is 0.0284. The number of nitrogens with one attached hydrogen (secondary N) is 1. The van der Waals surface area contributed by atoms with Gasteiger partial charge in [0.25, 0.3) is 5.91 Å². The summed E-state index contributed by atoms with van der Waals surface area (Å²) in [4.78, 5) is 36.8. The number of carbonyl (C=O) groups excluding carboxylic acids is 2. The highest BCUT2D eigenvalue weighted by atomic mass is 16.2. The number of amides is 2. The first-order chi connectivity index (χ1) is 13.8. The molecule has 0 unspecified atom stereocenters. The smallest absolute Gasteiger partial charge is 0.253 e. The number of piperazine rings is 1. The summed E-state index contributed by atoms with van der Waals surface area (Å²) in [6, 6.07) is 9.15. The molecule has 2 aromatic rings. The van der Waals surface area contributed by atoms with Crippen molar-refractivity contribution >= 4 is 23.3 Å². The Bertz CT molecular complexity index is 894. The van der Waals surface area contributed by atoms with Gasteiger partial charge in [-0.05, 0) is 36.4 Å². The van der Waals surface area contributed by atoms with Crippen LogP contribution in [0.5, 0.6) is 0 Å². The highest BCUT2D eigenvalue weighted by molar-refractivity contribution is 5.95. The molecule has 1 aromatic heterocycles. The quantitative estimate of drug-likeness (QED) is 0.808.